The fraction of sp³-hybridized carbons (Fsp3) is 0.273. The van der Waals surface area contributed by atoms with E-state index in [2.05, 4.69) is 22.5 Å². The Morgan fingerprint density at radius 1 is 1.29 bits per heavy atom. The molecule has 76 valence electrons. The standard InChI is InChI=1S/C11H13BrO2/c1-9(12)7-8-14-11-5-3-10(13-2)4-6-11/h3-6H,1,7-8H2,2H3. The van der Waals surface area contributed by atoms with Crippen molar-refractivity contribution in [2.45, 2.75) is 6.42 Å². The van der Waals surface area contributed by atoms with Crippen LogP contribution in [0.15, 0.2) is 35.3 Å². The predicted octanol–water partition coefficient (Wildman–Crippen LogP) is 3.37. The Morgan fingerprint density at radius 3 is 2.36 bits per heavy atom. The minimum atomic E-state index is 0.635. The van der Waals surface area contributed by atoms with Crippen LogP contribution in [0.3, 0.4) is 0 Å². The molecule has 3 heteroatoms. The summed E-state index contributed by atoms with van der Waals surface area (Å²) >= 11 is 3.28. The second kappa shape index (κ2) is 5.70. The van der Waals surface area contributed by atoms with Gasteiger partial charge in [-0.05, 0) is 28.7 Å². The third-order valence-electron chi connectivity index (χ3n) is 1.70. The Kier molecular flexibility index (Phi) is 4.53. The largest absolute Gasteiger partial charge is 0.497 e. The van der Waals surface area contributed by atoms with E-state index in [9.17, 15) is 0 Å². The molecule has 1 rings (SSSR count). The summed E-state index contributed by atoms with van der Waals surface area (Å²) in [5, 5.41) is 0. The predicted molar refractivity (Wildman–Crippen MR) is 61.2 cm³/mol. The lowest BCUT2D eigenvalue weighted by Crippen LogP contribution is -1.96. The van der Waals surface area contributed by atoms with Crippen LogP contribution < -0.4 is 9.47 Å². The Hall–Kier alpha value is -0.960. The highest BCUT2D eigenvalue weighted by Gasteiger charge is 1.95. The molecule has 0 saturated heterocycles. The van der Waals surface area contributed by atoms with Crippen LogP contribution in [-0.4, -0.2) is 13.7 Å². The topological polar surface area (TPSA) is 18.5 Å². The fourth-order valence-electron chi connectivity index (χ4n) is 0.952. The van der Waals surface area contributed by atoms with E-state index in [1.165, 1.54) is 0 Å². The van der Waals surface area contributed by atoms with Crippen molar-refractivity contribution in [2.24, 2.45) is 0 Å². The van der Waals surface area contributed by atoms with E-state index in [1.54, 1.807) is 7.11 Å². The number of hydrogen-bond donors (Lipinski definition) is 0. The normalized spacial score (nSPS) is 9.57. The van der Waals surface area contributed by atoms with Crippen molar-refractivity contribution in [3.8, 4) is 11.5 Å². The molecule has 1 aromatic rings. The van der Waals surface area contributed by atoms with Crippen molar-refractivity contribution < 1.29 is 9.47 Å². The van der Waals surface area contributed by atoms with Crippen molar-refractivity contribution in [1.29, 1.82) is 0 Å². The molecule has 0 N–H and O–H groups in total. The van der Waals surface area contributed by atoms with Crippen LogP contribution in [0.1, 0.15) is 6.42 Å². The number of halogens is 1. The van der Waals surface area contributed by atoms with Gasteiger partial charge in [-0.1, -0.05) is 22.5 Å². The minimum absolute atomic E-state index is 0.635. The molecule has 0 radical (unpaired) electrons. The molecule has 0 aliphatic heterocycles. The molecule has 0 aliphatic carbocycles. The fourth-order valence-corrected chi connectivity index (χ4v) is 1.11. The molecule has 0 heterocycles. The number of hydrogen-bond acceptors (Lipinski definition) is 2. The van der Waals surface area contributed by atoms with Crippen molar-refractivity contribution in [3.63, 3.8) is 0 Å². The second-order valence-electron chi connectivity index (χ2n) is 2.79. The van der Waals surface area contributed by atoms with E-state index in [1.807, 2.05) is 24.3 Å². The summed E-state index contributed by atoms with van der Waals surface area (Å²) in [5.74, 6) is 1.68. The first-order valence-electron chi connectivity index (χ1n) is 4.32. The third kappa shape index (κ3) is 3.83. The summed E-state index contributed by atoms with van der Waals surface area (Å²) in [6.07, 6.45) is 0.812. The van der Waals surface area contributed by atoms with E-state index >= 15 is 0 Å². The molecular formula is C11H13BrO2. The SMILES string of the molecule is C=C(Br)CCOc1ccc(OC)cc1. The highest BCUT2D eigenvalue weighted by atomic mass is 79.9. The van der Waals surface area contributed by atoms with Crippen LogP contribution in [-0.2, 0) is 0 Å². The molecule has 0 spiro atoms. The lowest BCUT2D eigenvalue weighted by Gasteiger charge is -2.06. The summed E-state index contributed by atoms with van der Waals surface area (Å²) in [5.41, 5.74) is 0. The first kappa shape index (κ1) is 11.1. The van der Waals surface area contributed by atoms with Gasteiger partial charge in [0.1, 0.15) is 11.5 Å². The van der Waals surface area contributed by atoms with Gasteiger partial charge in [-0.15, -0.1) is 0 Å². The summed E-state index contributed by atoms with van der Waals surface area (Å²) in [7, 11) is 1.64. The number of benzene rings is 1. The minimum Gasteiger partial charge on any atom is -0.497 e. The monoisotopic (exact) mass is 256 g/mol. The molecule has 14 heavy (non-hydrogen) atoms. The highest BCUT2D eigenvalue weighted by molar-refractivity contribution is 9.11. The maximum Gasteiger partial charge on any atom is 0.119 e. The lowest BCUT2D eigenvalue weighted by atomic mass is 10.3. The van der Waals surface area contributed by atoms with Gasteiger partial charge < -0.3 is 9.47 Å². The van der Waals surface area contributed by atoms with Gasteiger partial charge in [0, 0.05) is 6.42 Å². The summed E-state index contributed by atoms with van der Waals surface area (Å²) in [4.78, 5) is 0. The van der Waals surface area contributed by atoms with Gasteiger partial charge in [-0.3, -0.25) is 0 Å². The molecule has 0 atom stereocenters. The number of rotatable bonds is 5. The molecule has 0 fully saturated rings. The van der Waals surface area contributed by atoms with Gasteiger partial charge in [-0.2, -0.15) is 0 Å². The molecule has 0 aliphatic rings. The van der Waals surface area contributed by atoms with E-state index in [4.69, 9.17) is 9.47 Å². The smallest absolute Gasteiger partial charge is 0.119 e. The van der Waals surface area contributed by atoms with Gasteiger partial charge in [0.2, 0.25) is 0 Å². The van der Waals surface area contributed by atoms with E-state index < -0.39 is 0 Å². The zero-order chi connectivity index (χ0) is 10.4. The van der Waals surface area contributed by atoms with Gasteiger partial charge >= 0.3 is 0 Å². The molecule has 0 saturated carbocycles. The van der Waals surface area contributed by atoms with Gasteiger partial charge in [-0.25, -0.2) is 0 Å². The van der Waals surface area contributed by atoms with Crippen molar-refractivity contribution in [1.82, 2.24) is 0 Å². The molecular weight excluding hydrogens is 244 g/mol. The van der Waals surface area contributed by atoms with Crippen LogP contribution in [0.4, 0.5) is 0 Å². The van der Waals surface area contributed by atoms with Crippen LogP contribution >= 0.6 is 15.9 Å². The Bertz CT molecular complexity index is 293. The molecule has 2 nitrogen and oxygen atoms in total. The van der Waals surface area contributed by atoms with Crippen LogP contribution in [0, 0.1) is 0 Å². The van der Waals surface area contributed by atoms with Gasteiger partial charge in [0.15, 0.2) is 0 Å². The second-order valence-corrected chi connectivity index (χ2v) is 3.91. The van der Waals surface area contributed by atoms with Gasteiger partial charge in [0.05, 0.1) is 13.7 Å². The maximum atomic E-state index is 5.47. The number of ether oxygens (including phenoxy) is 2. The molecule has 0 aromatic heterocycles. The summed E-state index contributed by atoms with van der Waals surface area (Å²) < 4.78 is 11.5. The van der Waals surface area contributed by atoms with E-state index in [0.29, 0.717) is 6.61 Å². The lowest BCUT2D eigenvalue weighted by molar-refractivity contribution is 0.323. The average Bonchev–Trinajstić information content (AvgIpc) is 2.18. The van der Waals surface area contributed by atoms with Crippen LogP contribution in [0.2, 0.25) is 0 Å². The van der Waals surface area contributed by atoms with E-state index in [-0.39, 0.29) is 0 Å². The van der Waals surface area contributed by atoms with E-state index in [0.717, 1.165) is 22.4 Å². The zero-order valence-electron chi connectivity index (χ0n) is 8.13. The van der Waals surface area contributed by atoms with Crippen molar-refractivity contribution >= 4 is 15.9 Å². The molecule has 0 amide bonds. The van der Waals surface area contributed by atoms with Crippen molar-refractivity contribution in [2.75, 3.05) is 13.7 Å². The molecule has 0 bridgehead atoms. The highest BCUT2D eigenvalue weighted by Crippen LogP contribution is 2.17. The molecule has 0 unspecified atom stereocenters. The average molecular weight is 257 g/mol. The van der Waals surface area contributed by atoms with Crippen LogP contribution in [0.25, 0.3) is 0 Å². The molecule has 1 aromatic carbocycles. The van der Waals surface area contributed by atoms with Crippen LogP contribution in [0.5, 0.6) is 11.5 Å². The first-order valence-corrected chi connectivity index (χ1v) is 5.12. The quantitative estimate of drug-likeness (QED) is 0.805. The summed E-state index contributed by atoms with van der Waals surface area (Å²) in [6.45, 7) is 4.37. The Labute approximate surface area is 92.7 Å². The third-order valence-corrected chi connectivity index (χ3v) is 2.10. The zero-order valence-corrected chi connectivity index (χ0v) is 9.71. The summed E-state index contributed by atoms with van der Waals surface area (Å²) in [6, 6.07) is 7.52. The first-order chi connectivity index (χ1) is 6.72. The Morgan fingerprint density at radius 2 is 1.86 bits per heavy atom. The Balaban J connectivity index is 2.40. The number of methoxy groups -OCH3 is 1. The van der Waals surface area contributed by atoms with Gasteiger partial charge in [0.25, 0.3) is 0 Å². The van der Waals surface area contributed by atoms with Crippen molar-refractivity contribution in [3.05, 3.63) is 35.3 Å². The maximum absolute atomic E-state index is 5.47.